The topological polar surface area (TPSA) is 115 Å². The average Bonchev–Trinajstić information content (AvgIpc) is 3.23. The summed E-state index contributed by atoms with van der Waals surface area (Å²) in [7, 11) is 1.67. The first-order valence-corrected chi connectivity index (χ1v) is 6.45. The van der Waals surface area contributed by atoms with Crippen LogP contribution in [0.15, 0.2) is 12.1 Å². The minimum Gasteiger partial charge on any atom is -0.385 e. The molecule has 20 heavy (non-hydrogen) atoms. The number of aromatic nitrogens is 1. The Balaban J connectivity index is 2.06. The van der Waals surface area contributed by atoms with Crippen LogP contribution in [0.2, 0.25) is 0 Å². The summed E-state index contributed by atoms with van der Waals surface area (Å²) in [5.74, 6) is 5.91. The molecule has 110 valence electrons. The average molecular weight is 281 g/mol. The highest BCUT2D eigenvalue weighted by Gasteiger charge is 2.42. The first-order chi connectivity index (χ1) is 9.60. The Morgan fingerprint density at radius 2 is 2.30 bits per heavy atom. The van der Waals surface area contributed by atoms with Crippen molar-refractivity contribution in [2.45, 2.75) is 19.3 Å². The normalized spacial score (nSPS) is 15.7. The van der Waals surface area contributed by atoms with Crippen LogP contribution in [0.1, 0.15) is 19.3 Å². The number of hydrogen-bond acceptors (Lipinski definition) is 7. The molecule has 8 heteroatoms. The third kappa shape index (κ3) is 3.34. The van der Waals surface area contributed by atoms with E-state index in [-0.39, 0.29) is 16.9 Å². The number of nitrogens with zero attached hydrogens (tertiary/aromatic N) is 2. The van der Waals surface area contributed by atoms with Crippen molar-refractivity contribution in [1.82, 2.24) is 4.98 Å². The molecule has 1 fully saturated rings. The van der Waals surface area contributed by atoms with Crippen LogP contribution in [0.25, 0.3) is 0 Å². The number of methoxy groups -OCH3 is 1. The zero-order valence-corrected chi connectivity index (χ0v) is 11.4. The minimum absolute atomic E-state index is 0.0495. The molecule has 0 aliphatic heterocycles. The van der Waals surface area contributed by atoms with Crippen molar-refractivity contribution in [3.05, 3.63) is 22.2 Å². The number of rotatable bonds is 8. The number of anilines is 2. The fourth-order valence-corrected chi connectivity index (χ4v) is 2.09. The molecule has 4 N–H and O–H groups in total. The van der Waals surface area contributed by atoms with Gasteiger partial charge in [0.1, 0.15) is 5.82 Å². The largest absolute Gasteiger partial charge is 0.385 e. The minimum atomic E-state index is -0.454. The highest BCUT2D eigenvalue weighted by atomic mass is 16.6. The summed E-state index contributed by atoms with van der Waals surface area (Å²) in [4.78, 5) is 14.6. The van der Waals surface area contributed by atoms with Crippen molar-refractivity contribution in [2.24, 2.45) is 11.3 Å². The highest BCUT2D eigenvalue weighted by molar-refractivity contribution is 5.60. The number of hydrazine groups is 1. The van der Waals surface area contributed by atoms with Crippen molar-refractivity contribution >= 4 is 17.3 Å². The molecule has 0 aromatic carbocycles. The van der Waals surface area contributed by atoms with Gasteiger partial charge in [-0.15, -0.1) is 0 Å². The van der Waals surface area contributed by atoms with E-state index in [0.717, 1.165) is 19.3 Å². The number of pyridine rings is 1. The lowest BCUT2D eigenvalue weighted by Crippen LogP contribution is -2.19. The summed E-state index contributed by atoms with van der Waals surface area (Å²) in [6.07, 6.45) is 3.15. The molecule has 8 nitrogen and oxygen atoms in total. The van der Waals surface area contributed by atoms with Crippen LogP contribution in [0.3, 0.4) is 0 Å². The number of nitrogens with two attached hydrogens (primary N) is 1. The first-order valence-electron chi connectivity index (χ1n) is 6.45. The molecule has 0 unspecified atom stereocenters. The van der Waals surface area contributed by atoms with Crippen LogP contribution < -0.4 is 16.6 Å². The fourth-order valence-electron chi connectivity index (χ4n) is 2.09. The second-order valence-electron chi connectivity index (χ2n) is 5.06. The van der Waals surface area contributed by atoms with E-state index in [2.05, 4.69) is 15.7 Å². The maximum absolute atomic E-state index is 11.0. The van der Waals surface area contributed by atoms with Gasteiger partial charge in [-0.2, -0.15) is 0 Å². The van der Waals surface area contributed by atoms with Gasteiger partial charge in [0.25, 0.3) is 0 Å². The third-order valence-electron chi connectivity index (χ3n) is 3.64. The fraction of sp³-hybridized carbons (Fsp3) is 0.583. The van der Waals surface area contributed by atoms with Gasteiger partial charge < -0.3 is 15.5 Å². The molecule has 1 heterocycles. The molecule has 1 saturated carbocycles. The van der Waals surface area contributed by atoms with Crippen LogP contribution in [-0.2, 0) is 4.74 Å². The first kappa shape index (κ1) is 14.5. The van der Waals surface area contributed by atoms with E-state index in [1.54, 1.807) is 7.11 Å². The van der Waals surface area contributed by atoms with Crippen LogP contribution in [0.4, 0.5) is 17.3 Å². The molecule has 0 spiro atoms. The van der Waals surface area contributed by atoms with Crippen molar-refractivity contribution in [1.29, 1.82) is 0 Å². The van der Waals surface area contributed by atoms with Crippen molar-refractivity contribution in [2.75, 3.05) is 31.0 Å². The number of nitro groups is 1. The second kappa shape index (κ2) is 6.02. The lowest BCUT2D eigenvalue weighted by atomic mass is 10.0. The highest BCUT2D eigenvalue weighted by Crippen LogP contribution is 2.48. The monoisotopic (exact) mass is 281 g/mol. The lowest BCUT2D eigenvalue weighted by molar-refractivity contribution is -0.384. The van der Waals surface area contributed by atoms with E-state index < -0.39 is 4.92 Å². The van der Waals surface area contributed by atoms with Gasteiger partial charge in [-0.25, -0.2) is 10.8 Å². The lowest BCUT2D eigenvalue weighted by Gasteiger charge is -2.16. The quantitative estimate of drug-likeness (QED) is 0.375. The molecule has 0 amide bonds. The summed E-state index contributed by atoms with van der Waals surface area (Å²) in [6.45, 7) is 1.35. The second-order valence-corrected chi connectivity index (χ2v) is 5.06. The molecule has 1 aliphatic rings. The number of ether oxygens (including phenoxy) is 1. The van der Waals surface area contributed by atoms with Gasteiger partial charge in [-0.05, 0) is 30.7 Å². The van der Waals surface area contributed by atoms with Gasteiger partial charge in [0.15, 0.2) is 0 Å². The van der Waals surface area contributed by atoms with Gasteiger partial charge >= 0.3 is 5.69 Å². The standard InChI is InChI=1S/C12H19N5O3/c1-20-7-6-12(4-5-12)8-14-11-9(17(18)19)2-3-10(15-11)16-13/h2-3H,4-8,13H2,1H3,(H2,14,15,16). The van der Waals surface area contributed by atoms with Gasteiger partial charge in [-0.1, -0.05) is 0 Å². The summed E-state index contributed by atoms with van der Waals surface area (Å²) in [6, 6.07) is 2.86. The van der Waals surface area contributed by atoms with Crippen LogP contribution in [0.5, 0.6) is 0 Å². The zero-order chi connectivity index (χ0) is 14.6. The molecule has 0 atom stereocenters. The maximum atomic E-state index is 11.0. The molecule has 0 saturated heterocycles. The molecule has 0 radical (unpaired) electrons. The summed E-state index contributed by atoms with van der Waals surface area (Å²) >= 11 is 0. The SMILES string of the molecule is COCCC1(CNc2nc(NN)ccc2[N+](=O)[O-])CC1. The van der Waals surface area contributed by atoms with Crippen molar-refractivity contribution in [3.63, 3.8) is 0 Å². The molecular formula is C12H19N5O3. The van der Waals surface area contributed by atoms with Gasteiger partial charge in [-0.3, -0.25) is 10.1 Å². The van der Waals surface area contributed by atoms with Crippen LogP contribution in [0, 0.1) is 15.5 Å². The number of nitrogen functional groups attached to an aromatic ring is 1. The van der Waals surface area contributed by atoms with E-state index in [0.29, 0.717) is 19.0 Å². The zero-order valence-electron chi connectivity index (χ0n) is 11.4. The summed E-state index contributed by atoms with van der Waals surface area (Å²) < 4.78 is 5.09. The molecule has 0 bridgehead atoms. The predicted molar refractivity (Wildman–Crippen MR) is 75.4 cm³/mol. The van der Waals surface area contributed by atoms with E-state index >= 15 is 0 Å². The van der Waals surface area contributed by atoms with Crippen molar-refractivity contribution < 1.29 is 9.66 Å². The molecule has 2 rings (SSSR count). The Labute approximate surface area is 116 Å². The van der Waals surface area contributed by atoms with Gasteiger partial charge in [0, 0.05) is 26.3 Å². The molecule has 1 aliphatic carbocycles. The smallest absolute Gasteiger partial charge is 0.311 e. The Kier molecular flexibility index (Phi) is 4.35. The third-order valence-corrected chi connectivity index (χ3v) is 3.64. The summed E-state index contributed by atoms with van der Waals surface area (Å²) in [5, 5.41) is 14.1. The van der Waals surface area contributed by atoms with Crippen molar-refractivity contribution in [3.8, 4) is 0 Å². The van der Waals surface area contributed by atoms with Crippen LogP contribution in [-0.4, -0.2) is 30.2 Å². The summed E-state index contributed by atoms with van der Waals surface area (Å²) in [5.41, 5.74) is 2.52. The van der Waals surface area contributed by atoms with E-state index in [1.807, 2.05) is 0 Å². The Morgan fingerprint density at radius 1 is 1.55 bits per heavy atom. The van der Waals surface area contributed by atoms with Gasteiger partial charge in [0.2, 0.25) is 5.82 Å². The maximum Gasteiger partial charge on any atom is 0.311 e. The molecular weight excluding hydrogens is 262 g/mol. The van der Waals surface area contributed by atoms with Gasteiger partial charge in [0.05, 0.1) is 4.92 Å². The molecule has 1 aromatic rings. The van der Waals surface area contributed by atoms with E-state index in [4.69, 9.17) is 10.6 Å². The predicted octanol–water partition coefficient (Wildman–Crippen LogP) is 1.50. The van der Waals surface area contributed by atoms with E-state index in [9.17, 15) is 10.1 Å². The Bertz CT molecular complexity index is 490. The van der Waals surface area contributed by atoms with E-state index in [1.165, 1.54) is 12.1 Å². The van der Waals surface area contributed by atoms with Crippen LogP contribution >= 0.6 is 0 Å². The Hall–Kier alpha value is -1.93. The Morgan fingerprint density at radius 3 is 2.85 bits per heavy atom. The molecule has 1 aromatic heterocycles. The number of nitrogens with one attached hydrogen (secondary N) is 2. The number of hydrogen-bond donors (Lipinski definition) is 3.